The molecule has 0 spiro atoms. The first-order valence-electron chi connectivity index (χ1n) is 5.17. The molecule has 0 fully saturated rings. The maximum Gasteiger partial charge on any atom is 0.234 e. The van der Waals surface area contributed by atoms with Crippen molar-refractivity contribution < 1.29 is 4.79 Å². The lowest BCUT2D eigenvalue weighted by atomic mass is 10.2. The van der Waals surface area contributed by atoms with E-state index in [-0.39, 0.29) is 11.7 Å². The van der Waals surface area contributed by atoms with Gasteiger partial charge < -0.3 is 10.2 Å². The number of rotatable bonds is 3. The molecule has 6 heteroatoms. The van der Waals surface area contributed by atoms with Crippen LogP contribution in [0.15, 0.2) is 24.3 Å². The van der Waals surface area contributed by atoms with E-state index in [0.717, 1.165) is 0 Å². The van der Waals surface area contributed by atoms with Gasteiger partial charge in [0.2, 0.25) is 5.91 Å². The minimum absolute atomic E-state index is 0.174. The highest BCUT2D eigenvalue weighted by molar-refractivity contribution is 8.23. The SMILES string of the molecule is CN(C)C(=S)SCC(=O)Nc1ccccc1C#N. The van der Waals surface area contributed by atoms with E-state index in [1.165, 1.54) is 11.8 Å². The molecule has 0 saturated heterocycles. The zero-order valence-corrected chi connectivity index (χ0v) is 11.8. The van der Waals surface area contributed by atoms with Crippen molar-refractivity contribution >= 4 is 39.9 Å². The lowest BCUT2D eigenvalue weighted by Crippen LogP contribution is -2.21. The largest absolute Gasteiger partial charge is 0.364 e. The van der Waals surface area contributed by atoms with Gasteiger partial charge in [-0.1, -0.05) is 36.1 Å². The Bertz CT molecular complexity index is 494. The third-order valence-electron chi connectivity index (χ3n) is 2.01. The number of anilines is 1. The topological polar surface area (TPSA) is 56.1 Å². The summed E-state index contributed by atoms with van der Waals surface area (Å²) in [6.07, 6.45) is 0. The second-order valence-electron chi connectivity index (χ2n) is 3.65. The van der Waals surface area contributed by atoms with E-state index in [9.17, 15) is 4.79 Å². The number of carbonyl (C=O) groups excluding carboxylic acids is 1. The first kappa shape index (κ1) is 14.5. The highest BCUT2D eigenvalue weighted by Crippen LogP contribution is 2.14. The van der Waals surface area contributed by atoms with Gasteiger partial charge in [0.15, 0.2) is 0 Å². The Morgan fingerprint density at radius 3 is 2.78 bits per heavy atom. The first-order chi connectivity index (χ1) is 8.54. The van der Waals surface area contributed by atoms with Crippen molar-refractivity contribution in [2.45, 2.75) is 0 Å². The molecule has 0 saturated carbocycles. The lowest BCUT2D eigenvalue weighted by molar-refractivity contribution is -0.113. The summed E-state index contributed by atoms with van der Waals surface area (Å²) in [7, 11) is 3.66. The van der Waals surface area contributed by atoms with Crippen molar-refractivity contribution in [2.75, 3.05) is 25.2 Å². The zero-order chi connectivity index (χ0) is 13.5. The number of nitriles is 1. The number of benzene rings is 1. The molecule has 94 valence electrons. The highest BCUT2D eigenvalue weighted by atomic mass is 32.2. The lowest BCUT2D eigenvalue weighted by Gasteiger charge is -2.12. The number of thiocarbonyl (C=S) groups is 1. The Kier molecular flexibility index (Phi) is 5.62. The van der Waals surface area contributed by atoms with Gasteiger partial charge in [0.25, 0.3) is 0 Å². The van der Waals surface area contributed by atoms with Crippen LogP contribution in [0.5, 0.6) is 0 Å². The summed E-state index contributed by atoms with van der Waals surface area (Å²) in [6, 6.07) is 8.91. The smallest absolute Gasteiger partial charge is 0.234 e. The average Bonchev–Trinajstić information content (AvgIpc) is 2.36. The Morgan fingerprint density at radius 1 is 1.50 bits per heavy atom. The molecule has 0 radical (unpaired) electrons. The zero-order valence-electron chi connectivity index (χ0n) is 10.1. The summed E-state index contributed by atoms with van der Waals surface area (Å²) in [5.74, 6) is 0.0587. The monoisotopic (exact) mass is 279 g/mol. The number of amides is 1. The van der Waals surface area contributed by atoms with Gasteiger partial charge in [-0.15, -0.1) is 0 Å². The van der Waals surface area contributed by atoms with Crippen molar-refractivity contribution in [3.8, 4) is 6.07 Å². The Balaban J connectivity index is 2.55. The molecule has 4 nitrogen and oxygen atoms in total. The Morgan fingerprint density at radius 2 is 2.17 bits per heavy atom. The van der Waals surface area contributed by atoms with E-state index < -0.39 is 0 Å². The Labute approximate surface area is 116 Å². The summed E-state index contributed by atoms with van der Waals surface area (Å²) >= 11 is 6.35. The number of nitrogens with one attached hydrogen (secondary N) is 1. The Hall–Kier alpha value is -1.58. The quantitative estimate of drug-likeness (QED) is 0.859. The third kappa shape index (κ3) is 4.35. The molecule has 0 aliphatic carbocycles. The van der Waals surface area contributed by atoms with Crippen molar-refractivity contribution in [3.63, 3.8) is 0 Å². The second-order valence-corrected chi connectivity index (χ2v) is 5.26. The number of para-hydroxylation sites is 1. The number of hydrogen-bond donors (Lipinski definition) is 1. The fourth-order valence-corrected chi connectivity index (χ4v) is 1.89. The molecule has 1 aromatic rings. The molecule has 1 amide bonds. The summed E-state index contributed by atoms with van der Waals surface area (Å²) in [5.41, 5.74) is 0.979. The molecule has 1 N–H and O–H groups in total. The van der Waals surface area contributed by atoms with E-state index in [1.54, 1.807) is 29.2 Å². The van der Waals surface area contributed by atoms with Crippen LogP contribution < -0.4 is 5.32 Å². The van der Waals surface area contributed by atoms with Gasteiger partial charge in [0.05, 0.1) is 17.0 Å². The van der Waals surface area contributed by atoms with E-state index in [0.29, 0.717) is 15.6 Å². The molecule has 18 heavy (non-hydrogen) atoms. The molecule has 0 heterocycles. The highest BCUT2D eigenvalue weighted by Gasteiger charge is 2.08. The van der Waals surface area contributed by atoms with Gasteiger partial charge in [-0.05, 0) is 12.1 Å². The minimum atomic E-state index is -0.174. The molecule has 0 aromatic heterocycles. The van der Waals surface area contributed by atoms with Gasteiger partial charge in [0.1, 0.15) is 10.4 Å². The fourth-order valence-electron chi connectivity index (χ4n) is 1.13. The molecular weight excluding hydrogens is 266 g/mol. The van der Waals surface area contributed by atoms with Crippen molar-refractivity contribution in [3.05, 3.63) is 29.8 Å². The van der Waals surface area contributed by atoms with Gasteiger partial charge >= 0.3 is 0 Å². The summed E-state index contributed by atoms with van der Waals surface area (Å²) in [4.78, 5) is 13.5. The standard InChI is InChI=1S/C12H13N3OS2/c1-15(2)12(17)18-8-11(16)14-10-6-4-3-5-9(10)7-13/h3-6H,8H2,1-2H3,(H,14,16). The molecule has 0 atom stereocenters. The number of thioether (sulfide) groups is 1. The number of hydrogen-bond acceptors (Lipinski definition) is 4. The van der Waals surface area contributed by atoms with E-state index in [2.05, 4.69) is 5.32 Å². The molecular formula is C12H13N3OS2. The van der Waals surface area contributed by atoms with Gasteiger partial charge in [-0.25, -0.2) is 0 Å². The fraction of sp³-hybridized carbons (Fsp3) is 0.250. The maximum absolute atomic E-state index is 11.7. The molecule has 1 rings (SSSR count). The van der Waals surface area contributed by atoms with Crippen LogP contribution in [0, 0.1) is 11.3 Å². The maximum atomic E-state index is 11.7. The third-order valence-corrected chi connectivity index (χ3v) is 3.75. The molecule has 0 unspecified atom stereocenters. The minimum Gasteiger partial charge on any atom is -0.364 e. The summed E-state index contributed by atoms with van der Waals surface area (Å²) in [5, 5.41) is 11.6. The normalized spacial score (nSPS) is 9.39. The van der Waals surface area contributed by atoms with Gasteiger partial charge in [-0.2, -0.15) is 5.26 Å². The summed E-state index contributed by atoms with van der Waals surface area (Å²) in [6.45, 7) is 0. The molecule has 0 aliphatic rings. The predicted octanol–water partition coefficient (Wildman–Crippen LogP) is 2.08. The van der Waals surface area contributed by atoms with Crippen LogP contribution in [0.25, 0.3) is 0 Å². The van der Waals surface area contributed by atoms with Crippen molar-refractivity contribution in [1.82, 2.24) is 4.90 Å². The molecule has 0 bridgehead atoms. The van der Waals surface area contributed by atoms with Gasteiger partial charge in [-0.3, -0.25) is 4.79 Å². The van der Waals surface area contributed by atoms with Crippen LogP contribution in [0.4, 0.5) is 5.69 Å². The van der Waals surface area contributed by atoms with E-state index >= 15 is 0 Å². The van der Waals surface area contributed by atoms with Crippen molar-refractivity contribution in [2.24, 2.45) is 0 Å². The molecule has 1 aromatic carbocycles. The van der Waals surface area contributed by atoms with Crippen molar-refractivity contribution in [1.29, 1.82) is 5.26 Å². The van der Waals surface area contributed by atoms with Crippen LogP contribution in [-0.2, 0) is 4.79 Å². The molecule has 0 aliphatic heterocycles. The average molecular weight is 279 g/mol. The van der Waals surface area contributed by atoms with E-state index in [4.69, 9.17) is 17.5 Å². The van der Waals surface area contributed by atoms with Crippen LogP contribution in [0.2, 0.25) is 0 Å². The summed E-state index contributed by atoms with van der Waals surface area (Å²) < 4.78 is 0.652. The first-order valence-corrected chi connectivity index (χ1v) is 6.57. The number of carbonyl (C=O) groups is 1. The van der Waals surface area contributed by atoms with Crippen LogP contribution in [0.1, 0.15) is 5.56 Å². The van der Waals surface area contributed by atoms with E-state index in [1.807, 2.05) is 20.2 Å². The number of nitrogens with zero attached hydrogens (tertiary/aromatic N) is 2. The predicted molar refractivity (Wildman–Crippen MR) is 78.5 cm³/mol. The van der Waals surface area contributed by atoms with Crippen LogP contribution in [0.3, 0.4) is 0 Å². The van der Waals surface area contributed by atoms with Crippen LogP contribution in [-0.4, -0.2) is 35.0 Å². The second kappa shape index (κ2) is 6.99. The van der Waals surface area contributed by atoms with Crippen LogP contribution >= 0.6 is 24.0 Å². The van der Waals surface area contributed by atoms with Gasteiger partial charge in [0, 0.05) is 14.1 Å².